The maximum absolute atomic E-state index is 12.1. The molecule has 0 spiro atoms. The molecular weight excluding hydrogens is 486 g/mol. The number of aromatic amines is 1. The van der Waals surface area contributed by atoms with Gasteiger partial charge in [0.15, 0.2) is 5.82 Å². The molecule has 3 rings (SSSR count). The van der Waals surface area contributed by atoms with Crippen LogP contribution in [0.2, 0.25) is 5.02 Å². The van der Waals surface area contributed by atoms with E-state index in [-0.39, 0.29) is 26.6 Å². The number of carboxylic acids is 1. The number of thioether (sulfide) groups is 1. The Morgan fingerprint density at radius 2 is 1.69 bits per heavy atom. The maximum Gasteiger partial charge on any atom is 0.342 e. The Hall–Kier alpha value is -2.97. The van der Waals surface area contributed by atoms with Gasteiger partial charge < -0.3 is 14.9 Å². The van der Waals surface area contributed by atoms with Crippen molar-refractivity contribution < 1.29 is 19.7 Å². The monoisotopic (exact) mass is 515 g/mol. The van der Waals surface area contributed by atoms with Crippen molar-refractivity contribution in [3.8, 4) is 22.9 Å². The number of phenols is 1. The maximum atomic E-state index is 12.1. The van der Waals surface area contributed by atoms with Crippen LogP contribution in [0.3, 0.4) is 0 Å². The van der Waals surface area contributed by atoms with Crippen LogP contribution in [0.5, 0.6) is 11.5 Å². The summed E-state index contributed by atoms with van der Waals surface area (Å²) in [5.41, 5.74) is 2.12. The molecule has 0 fully saturated rings. The summed E-state index contributed by atoms with van der Waals surface area (Å²) in [6.07, 6.45) is 1.58. The zero-order chi connectivity index (χ0) is 26.1. The van der Waals surface area contributed by atoms with Gasteiger partial charge in [-0.2, -0.15) is 0 Å². The molecule has 0 bridgehead atoms. The highest BCUT2D eigenvalue weighted by molar-refractivity contribution is 8.04. The third-order valence-corrected chi connectivity index (χ3v) is 6.45. The van der Waals surface area contributed by atoms with E-state index in [1.165, 1.54) is 0 Å². The molecule has 1 aromatic heterocycles. The van der Waals surface area contributed by atoms with Crippen LogP contribution in [-0.4, -0.2) is 38.5 Å². The van der Waals surface area contributed by atoms with Gasteiger partial charge in [0, 0.05) is 16.1 Å². The van der Waals surface area contributed by atoms with E-state index in [0.717, 1.165) is 22.9 Å². The third-order valence-electron chi connectivity index (χ3n) is 5.34. The summed E-state index contributed by atoms with van der Waals surface area (Å²) < 4.78 is 5.37. The number of benzene rings is 2. The lowest BCUT2D eigenvalue weighted by molar-refractivity contribution is -0.131. The van der Waals surface area contributed by atoms with Gasteiger partial charge >= 0.3 is 5.97 Å². The molecule has 3 N–H and O–H groups in total. The molecular formula is C26H30ClN3O4S. The molecule has 7 nitrogen and oxygen atoms in total. The first-order valence-electron chi connectivity index (χ1n) is 11.0. The van der Waals surface area contributed by atoms with Crippen LogP contribution in [-0.2, 0) is 15.6 Å². The number of carbonyl (C=O) groups is 1. The van der Waals surface area contributed by atoms with Crippen LogP contribution in [0.25, 0.3) is 17.5 Å². The quantitative estimate of drug-likeness (QED) is 0.249. The third kappa shape index (κ3) is 6.18. The van der Waals surface area contributed by atoms with E-state index >= 15 is 0 Å². The number of phenolic OH excluding ortho intramolecular Hbond substituents is 1. The molecule has 0 radical (unpaired) electrons. The van der Waals surface area contributed by atoms with Gasteiger partial charge in [0.25, 0.3) is 0 Å². The molecule has 0 amide bonds. The minimum atomic E-state index is -1.11. The fraction of sp³-hybridized carbons (Fsp3) is 0.346. The molecule has 186 valence electrons. The van der Waals surface area contributed by atoms with E-state index in [1.807, 2.05) is 53.7 Å². The van der Waals surface area contributed by atoms with Crippen molar-refractivity contribution in [3.63, 3.8) is 0 Å². The smallest absolute Gasteiger partial charge is 0.342 e. The first kappa shape index (κ1) is 26.6. The minimum Gasteiger partial charge on any atom is -0.507 e. The lowest BCUT2D eigenvalue weighted by atomic mass is 9.78. The second-order valence-electron chi connectivity index (χ2n) is 10.2. The van der Waals surface area contributed by atoms with Crippen LogP contribution in [0.15, 0.2) is 40.4 Å². The number of aliphatic carboxylic acids is 1. The first-order chi connectivity index (χ1) is 16.2. The number of ether oxygens (including phenoxy) is 1. The van der Waals surface area contributed by atoms with Gasteiger partial charge in [0.05, 0.1) is 12.7 Å². The number of hydrogen-bond acceptors (Lipinski definition) is 6. The normalized spacial score (nSPS) is 12.6. The Labute approximate surface area is 214 Å². The number of nitrogens with one attached hydrogen (secondary N) is 1. The Kier molecular flexibility index (Phi) is 7.57. The van der Waals surface area contributed by atoms with Crippen molar-refractivity contribution in [2.24, 2.45) is 0 Å². The molecule has 1 heterocycles. The summed E-state index contributed by atoms with van der Waals surface area (Å²) in [6.45, 7) is 12.0. The summed E-state index contributed by atoms with van der Waals surface area (Å²) in [7, 11) is 1.54. The standard InChI is InChI=1S/C26H30ClN3O4S/c1-25(2,3)17-10-14(11-18(21(17)31)26(4,5)6)12-20(23(32)33)35-24-28-22(29-30-24)16-13-15(27)8-9-19(16)34-7/h8-13,31H,1-7H3,(H,32,33)(H,28,29,30)/b20-12-. The average Bonchev–Trinajstić information content (AvgIpc) is 3.21. The largest absolute Gasteiger partial charge is 0.507 e. The minimum absolute atomic E-state index is 0.0408. The summed E-state index contributed by atoms with van der Waals surface area (Å²) in [5, 5.41) is 28.6. The number of methoxy groups -OCH3 is 1. The van der Waals surface area contributed by atoms with Gasteiger partial charge in [-0.05, 0) is 64.6 Å². The Morgan fingerprint density at radius 1 is 1.09 bits per heavy atom. The van der Waals surface area contributed by atoms with E-state index in [1.54, 1.807) is 31.4 Å². The number of halogens is 1. The fourth-order valence-electron chi connectivity index (χ4n) is 3.55. The van der Waals surface area contributed by atoms with Crippen molar-refractivity contribution in [1.29, 1.82) is 0 Å². The molecule has 0 aliphatic heterocycles. The topological polar surface area (TPSA) is 108 Å². The first-order valence-corrected chi connectivity index (χ1v) is 12.2. The highest BCUT2D eigenvalue weighted by Gasteiger charge is 2.27. The van der Waals surface area contributed by atoms with Crippen LogP contribution in [0.1, 0.15) is 58.2 Å². The molecule has 2 aromatic carbocycles. The molecule has 0 unspecified atom stereocenters. The van der Waals surface area contributed by atoms with E-state index in [0.29, 0.717) is 27.7 Å². The number of nitrogens with zero attached hydrogens (tertiary/aromatic N) is 2. The van der Waals surface area contributed by atoms with Crippen molar-refractivity contribution in [2.75, 3.05) is 7.11 Å². The molecule has 3 aromatic rings. The predicted molar refractivity (Wildman–Crippen MR) is 140 cm³/mol. The molecule has 0 aliphatic carbocycles. The number of hydrogen-bond donors (Lipinski definition) is 3. The Bertz CT molecular complexity index is 1250. The number of aromatic hydroxyl groups is 1. The summed E-state index contributed by atoms with van der Waals surface area (Å²) in [6, 6.07) is 8.78. The number of carboxylic acid groups (broad SMARTS) is 1. The van der Waals surface area contributed by atoms with Crippen LogP contribution < -0.4 is 4.74 Å². The number of aromatic nitrogens is 3. The van der Waals surface area contributed by atoms with E-state index in [4.69, 9.17) is 16.3 Å². The van der Waals surface area contributed by atoms with Gasteiger partial charge in [-0.25, -0.2) is 9.78 Å². The summed E-state index contributed by atoms with van der Waals surface area (Å²) >= 11 is 7.05. The van der Waals surface area contributed by atoms with Crippen LogP contribution in [0, 0.1) is 0 Å². The average molecular weight is 516 g/mol. The van der Waals surface area contributed by atoms with E-state index in [9.17, 15) is 15.0 Å². The van der Waals surface area contributed by atoms with Crippen LogP contribution >= 0.6 is 23.4 Å². The molecule has 0 aliphatic rings. The molecule has 0 saturated carbocycles. The second kappa shape index (κ2) is 9.95. The lowest BCUT2D eigenvalue weighted by Crippen LogP contribution is -2.17. The number of H-pyrrole nitrogens is 1. The highest BCUT2D eigenvalue weighted by Crippen LogP contribution is 2.41. The van der Waals surface area contributed by atoms with Crippen molar-refractivity contribution in [3.05, 3.63) is 56.9 Å². The van der Waals surface area contributed by atoms with Gasteiger partial charge in [-0.3, -0.25) is 5.10 Å². The SMILES string of the molecule is COc1ccc(Cl)cc1-c1nc(S/C(=C\c2cc(C(C)(C)C)c(O)c(C(C)(C)C)c2)C(=O)O)n[nH]1. The summed E-state index contributed by atoms with van der Waals surface area (Å²) in [4.78, 5) is 16.6. The fourth-order valence-corrected chi connectivity index (χ4v) is 4.43. The van der Waals surface area contributed by atoms with Crippen molar-refractivity contribution in [2.45, 2.75) is 57.5 Å². The van der Waals surface area contributed by atoms with E-state index < -0.39 is 5.97 Å². The Balaban J connectivity index is 2.04. The van der Waals surface area contributed by atoms with Gasteiger partial charge in [-0.1, -0.05) is 53.1 Å². The Morgan fingerprint density at radius 3 is 2.20 bits per heavy atom. The zero-order valence-corrected chi connectivity index (χ0v) is 22.4. The molecule has 0 atom stereocenters. The molecule has 35 heavy (non-hydrogen) atoms. The molecule has 9 heteroatoms. The number of rotatable bonds is 6. The van der Waals surface area contributed by atoms with Crippen molar-refractivity contribution >= 4 is 35.4 Å². The molecule has 0 saturated heterocycles. The highest BCUT2D eigenvalue weighted by atomic mass is 35.5. The summed E-state index contributed by atoms with van der Waals surface area (Å²) in [5.74, 6) is 0.0982. The van der Waals surface area contributed by atoms with E-state index in [2.05, 4.69) is 15.2 Å². The van der Waals surface area contributed by atoms with Gasteiger partial charge in [-0.15, -0.1) is 5.10 Å². The van der Waals surface area contributed by atoms with Gasteiger partial charge in [0.2, 0.25) is 5.16 Å². The van der Waals surface area contributed by atoms with Crippen molar-refractivity contribution in [1.82, 2.24) is 15.2 Å². The zero-order valence-electron chi connectivity index (χ0n) is 20.9. The van der Waals surface area contributed by atoms with Gasteiger partial charge in [0.1, 0.15) is 16.4 Å². The predicted octanol–water partition coefficient (Wildman–Crippen LogP) is 6.65. The van der Waals surface area contributed by atoms with Crippen LogP contribution in [0.4, 0.5) is 0 Å². The lowest BCUT2D eigenvalue weighted by Gasteiger charge is -2.28. The second-order valence-corrected chi connectivity index (χ2v) is 11.6.